The molecule has 1 aromatic heterocycles. The van der Waals surface area contributed by atoms with Gasteiger partial charge in [0, 0.05) is 16.6 Å². The van der Waals surface area contributed by atoms with E-state index in [4.69, 9.17) is 5.73 Å². The molecule has 1 heterocycles. The molecule has 0 amide bonds. The van der Waals surface area contributed by atoms with E-state index in [2.05, 4.69) is 20.9 Å². The van der Waals surface area contributed by atoms with E-state index >= 15 is 0 Å². The van der Waals surface area contributed by atoms with E-state index in [0.717, 1.165) is 0 Å². The molecule has 1 rings (SSSR count). The minimum Gasteiger partial charge on any atom is -0.325 e. The van der Waals surface area contributed by atoms with Crippen molar-refractivity contribution in [3.63, 3.8) is 0 Å². The minimum absolute atomic E-state index is 0.0482. The van der Waals surface area contributed by atoms with Crippen LogP contribution in [0.3, 0.4) is 0 Å². The van der Waals surface area contributed by atoms with Gasteiger partial charge in [0.15, 0.2) is 0 Å². The van der Waals surface area contributed by atoms with E-state index in [-0.39, 0.29) is 12.1 Å². The number of alkyl halides is 2. The molecule has 0 fully saturated rings. The van der Waals surface area contributed by atoms with Gasteiger partial charge in [0.25, 0.3) is 6.43 Å². The quantitative estimate of drug-likeness (QED) is 0.877. The first-order valence-electron chi connectivity index (χ1n) is 3.70. The standard InChI is InChI=1S/C8H9BrF2N2/c1-4-7(9)6(8(10)11)2-5(3-12)13-4/h2,8H,3,12H2,1H3. The van der Waals surface area contributed by atoms with Crippen molar-refractivity contribution in [2.24, 2.45) is 5.73 Å². The van der Waals surface area contributed by atoms with Crippen molar-refractivity contribution < 1.29 is 8.78 Å². The lowest BCUT2D eigenvalue weighted by atomic mass is 10.2. The van der Waals surface area contributed by atoms with Gasteiger partial charge >= 0.3 is 0 Å². The highest BCUT2D eigenvalue weighted by atomic mass is 79.9. The van der Waals surface area contributed by atoms with Gasteiger partial charge < -0.3 is 5.73 Å². The largest absolute Gasteiger partial charge is 0.325 e. The second-order valence-corrected chi connectivity index (χ2v) is 3.40. The second-order valence-electron chi connectivity index (χ2n) is 2.61. The Kier molecular flexibility index (Phi) is 3.33. The molecule has 0 aliphatic heterocycles. The summed E-state index contributed by atoms with van der Waals surface area (Å²) >= 11 is 3.06. The Morgan fingerprint density at radius 2 is 2.23 bits per heavy atom. The number of nitrogens with two attached hydrogens (primary N) is 1. The van der Waals surface area contributed by atoms with Crippen molar-refractivity contribution in [2.75, 3.05) is 0 Å². The van der Waals surface area contributed by atoms with Crippen LogP contribution in [0.5, 0.6) is 0 Å². The summed E-state index contributed by atoms with van der Waals surface area (Å²) in [5.74, 6) is 0. The van der Waals surface area contributed by atoms with E-state index < -0.39 is 6.43 Å². The average Bonchev–Trinajstić information content (AvgIpc) is 2.09. The number of nitrogens with zero attached hydrogens (tertiary/aromatic N) is 1. The van der Waals surface area contributed by atoms with Crippen LogP contribution in [0.2, 0.25) is 0 Å². The number of aromatic nitrogens is 1. The highest BCUT2D eigenvalue weighted by Gasteiger charge is 2.14. The molecule has 0 unspecified atom stereocenters. The van der Waals surface area contributed by atoms with Crippen molar-refractivity contribution in [2.45, 2.75) is 19.9 Å². The molecule has 0 bridgehead atoms. The van der Waals surface area contributed by atoms with Crippen molar-refractivity contribution >= 4 is 15.9 Å². The molecular formula is C8H9BrF2N2. The molecule has 0 aromatic carbocycles. The molecule has 0 spiro atoms. The van der Waals surface area contributed by atoms with Gasteiger partial charge in [0.1, 0.15) is 0 Å². The number of rotatable bonds is 2. The number of hydrogen-bond donors (Lipinski definition) is 1. The number of aryl methyl sites for hydroxylation is 1. The molecule has 0 aliphatic carbocycles. The molecule has 2 N–H and O–H groups in total. The summed E-state index contributed by atoms with van der Waals surface area (Å²) in [6.07, 6.45) is -2.50. The maximum Gasteiger partial charge on any atom is 0.265 e. The topological polar surface area (TPSA) is 38.9 Å². The Balaban J connectivity index is 3.25. The Bertz CT molecular complexity index is 315. The predicted octanol–water partition coefficient (Wildman–Crippen LogP) is 2.55. The van der Waals surface area contributed by atoms with Gasteiger partial charge in [-0.05, 0) is 28.9 Å². The zero-order valence-electron chi connectivity index (χ0n) is 7.02. The summed E-state index contributed by atoms with van der Waals surface area (Å²) in [7, 11) is 0. The van der Waals surface area contributed by atoms with Gasteiger partial charge in [-0.2, -0.15) is 0 Å². The lowest BCUT2D eigenvalue weighted by molar-refractivity contribution is 0.150. The Morgan fingerprint density at radius 3 is 2.69 bits per heavy atom. The van der Waals surface area contributed by atoms with Gasteiger partial charge in [0.2, 0.25) is 0 Å². The third kappa shape index (κ3) is 2.22. The number of hydrogen-bond acceptors (Lipinski definition) is 2. The first-order valence-corrected chi connectivity index (χ1v) is 4.49. The van der Waals surface area contributed by atoms with E-state index in [9.17, 15) is 8.78 Å². The van der Waals surface area contributed by atoms with Crippen molar-refractivity contribution in [3.05, 3.63) is 27.5 Å². The summed E-state index contributed by atoms with van der Waals surface area (Å²) in [4.78, 5) is 4.03. The molecule has 2 nitrogen and oxygen atoms in total. The van der Waals surface area contributed by atoms with Crippen LogP contribution in [0.1, 0.15) is 23.4 Å². The van der Waals surface area contributed by atoms with Crippen LogP contribution in [0.4, 0.5) is 8.78 Å². The van der Waals surface area contributed by atoms with E-state index in [1.165, 1.54) is 6.07 Å². The van der Waals surface area contributed by atoms with Crippen molar-refractivity contribution in [1.82, 2.24) is 4.98 Å². The zero-order chi connectivity index (χ0) is 10.0. The normalized spacial score (nSPS) is 10.9. The fourth-order valence-corrected chi connectivity index (χ4v) is 1.39. The van der Waals surface area contributed by atoms with Crippen LogP contribution in [0, 0.1) is 6.92 Å². The maximum atomic E-state index is 12.4. The number of halogens is 3. The van der Waals surface area contributed by atoms with Crippen LogP contribution in [0.25, 0.3) is 0 Å². The highest BCUT2D eigenvalue weighted by molar-refractivity contribution is 9.10. The van der Waals surface area contributed by atoms with Crippen molar-refractivity contribution in [1.29, 1.82) is 0 Å². The van der Waals surface area contributed by atoms with Crippen LogP contribution >= 0.6 is 15.9 Å². The lowest BCUT2D eigenvalue weighted by Crippen LogP contribution is -2.03. The fourth-order valence-electron chi connectivity index (χ4n) is 1.01. The van der Waals surface area contributed by atoms with E-state index in [0.29, 0.717) is 15.9 Å². The molecule has 0 aliphatic rings. The SMILES string of the molecule is Cc1nc(CN)cc(C(F)F)c1Br. The lowest BCUT2D eigenvalue weighted by Gasteiger charge is -2.07. The summed E-state index contributed by atoms with van der Waals surface area (Å²) < 4.78 is 25.2. The van der Waals surface area contributed by atoms with Crippen LogP contribution in [-0.2, 0) is 6.54 Å². The predicted molar refractivity (Wildman–Crippen MR) is 49.5 cm³/mol. The van der Waals surface area contributed by atoms with Crippen LogP contribution in [0.15, 0.2) is 10.5 Å². The van der Waals surface area contributed by atoms with Gasteiger partial charge in [-0.1, -0.05) is 0 Å². The third-order valence-corrected chi connectivity index (χ3v) is 2.68. The van der Waals surface area contributed by atoms with E-state index in [1.807, 2.05) is 0 Å². The first-order chi connectivity index (χ1) is 6.06. The van der Waals surface area contributed by atoms with Crippen LogP contribution in [-0.4, -0.2) is 4.98 Å². The molecule has 5 heteroatoms. The monoisotopic (exact) mass is 250 g/mol. The summed E-state index contributed by atoms with van der Waals surface area (Å²) in [5, 5.41) is 0. The Labute approximate surface area is 83.3 Å². The Hall–Kier alpha value is -0.550. The second kappa shape index (κ2) is 4.11. The third-order valence-electron chi connectivity index (χ3n) is 1.65. The fraction of sp³-hybridized carbons (Fsp3) is 0.375. The molecule has 72 valence electrons. The van der Waals surface area contributed by atoms with Gasteiger partial charge in [-0.25, -0.2) is 8.78 Å². The van der Waals surface area contributed by atoms with Gasteiger partial charge in [-0.15, -0.1) is 0 Å². The molecular weight excluding hydrogens is 242 g/mol. The summed E-state index contributed by atoms with van der Waals surface area (Å²) in [5.41, 5.74) is 6.29. The van der Waals surface area contributed by atoms with Gasteiger partial charge in [0.05, 0.1) is 11.4 Å². The molecule has 13 heavy (non-hydrogen) atoms. The molecule has 0 saturated heterocycles. The summed E-state index contributed by atoms with van der Waals surface area (Å²) in [6, 6.07) is 1.32. The number of pyridine rings is 1. The summed E-state index contributed by atoms with van der Waals surface area (Å²) in [6.45, 7) is 1.84. The Morgan fingerprint density at radius 1 is 1.62 bits per heavy atom. The molecule has 0 atom stereocenters. The molecule has 0 saturated carbocycles. The maximum absolute atomic E-state index is 12.4. The van der Waals surface area contributed by atoms with E-state index in [1.54, 1.807) is 6.92 Å². The molecule has 1 aromatic rings. The first kappa shape index (κ1) is 10.5. The zero-order valence-corrected chi connectivity index (χ0v) is 8.61. The average molecular weight is 251 g/mol. The van der Waals surface area contributed by atoms with Crippen LogP contribution < -0.4 is 5.73 Å². The highest BCUT2D eigenvalue weighted by Crippen LogP contribution is 2.29. The van der Waals surface area contributed by atoms with Crippen molar-refractivity contribution in [3.8, 4) is 0 Å². The minimum atomic E-state index is -2.50. The smallest absolute Gasteiger partial charge is 0.265 e. The van der Waals surface area contributed by atoms with Gasteiger partial charge in [-0.3, -0.25) is 4.98 Å². The molecule has 0 radical (unpaired) electrons.